The fraction of sp³-hybridized carbons (Fsp3) is 0.500. The highest BCUT2D eigenvalue weighted by Gasteiger charge is 1.75. The van der Waals surface area contributed by atoms with E-state index in [0.29, 0.717) is 0 Å². The Morgan fingerprint density at radius 2 is 2.33 bits per heavy atom. The number of hydrogen-bond donors (Lipinski definition) is 0. The number of hydrogen-bond acceptors (Lipinski definition) is 1. The SMILES string of the molecule is C=C(C)O/C=C/CCC. The summed E-state index contributed by atoms with van der Waals surface area (Å²) >= 11 is 0. The van der Waals surface area contributed by atoms with Crippen LogP contribution in [0.15, 0.2) is 24.7 Å². The van der Waals surface area contributed by atoms with Crippen LogP contribution in [0, 0.1) is 0 Å². The maximum absolute atomic E-state index is 4.97. The Bertz CT molecular complexity index is 103. The lowest BCUT2D eigenvalue weighted by Gasteiger charge is -1.93. The van der Waals surface area contributed by atoms with Crippen LogP contribution in [0.25, 0.3) is 0 Å². The van der Waals surface area contributed by atoms with Crippen LogP contribution in [0.1, 0.15) is 26.7 Å². The molecule has 0 saturated carbocycles. The average Bonchev–Trinajstić information content (AvgIpc) is 1.80. The maximum atomic E-state index is 4.97. The van der Waals surface area contributed by atoms with E-state index in [2.05, 4.69) is 13.5 Å². The Balaban J connectivity index is 3.14. The van der Waals surface area contributed by atoms with Crippen LogP contribution in [0.5, 0.6) is 0 Å². The quantitative estimate of drug-likeness (QED) is 0.526. The van der Waals surface area contributed by atoms with Crippen LogP contribution < -0.4 is 0 Å². The summed E-state index contributed by atoms with van der Waals surface area (Å²) in [5, 5.41) is 0. The Morgan fingerprint density at radius 3 is 2.78 bits per heavy atom. The summed E-state index contributed by atoms with van der Waals surface area (Å²) in [6.45, 7) is 7.54. The monoisotopic (exact) mass is 126 g/mol. The molecule has 0 spiro atoms. The average molecular weight is 126 g/mol. The smallest absolute Gasteiger partial charge is 0.0929 e. The third-order valence-electron chi connectivity index (χ3n) is 0.821. The van der Waals surface area contributed by atoms with Gasteiger partial charge in [0.05, 0.1) is 12.0 Å². The molecule has 0 amide bonds. The van der Waals surface area contributed by atoms with Gasteiger partial charge in [-0.2, -0.15) is 0 Å². The lowest BCUT2D eigenvalue weighted by atomic mass is 10.3. The van der Waals surface area contributed by atoms with Crippen LogP contribution >= 0.6 is 0 Å². The molecule has 0 fully saturated rings. The normalized spacial score (nSPS) is 10.0. The molecule has 0 aliphatic heterocycles. The highest BCUT2D eigenvalue weighted by atomic mass is 16.5. The van der Waals surface area contributed by atoms with E-state index in [1.165, 1.54) is 0 Å². The minimum absolute atomic E-state index is 0.738. The van der Waals surface area contributed by atoms with Crippen LogP contribution in [0.3, 0.4) is 0 Å². The van der Waals surface area contributed by atoms with Crippen molar-refractivity contribution in [1.29, 1.82) is 0 Å². The molecule has 0 aliphatic rings. The Kier molecular flexibility index (Phi) is 4.98. The third kappa shape index (κ3) is 7.28. The summed E-state index contributed by atoms with van der Waals surface area (Å²) in [6.07, 6.45) is 5.92. The van der Waals surface area contributed by atoms with Gasteiger partial charge in [0, 0.05) is 0 Å². The fourth-order valence-electron chi connectivity index (χ4n) is 0.399. The molecular formula is C8H14O. The van der Waals surface area contributed by atoms with Gasteiger partial charge < -0.3 is 4.74 Å². The summed E-state index contributed by atoms with van der Waals surface area (Å²) in [4.78, 5) is 0. The summed E-state index contributed by atoms with van der Waals surface area (Å²) in [5.41, 5.74) is 0. The first-order valence-corrected chi connectivity index (χ1v) is 3.24. The van der Waals surface area contributed by atoms with Crippen molar-refractivity contribution in [2.24, 2.45) is 0 Å². The van der Waals surface area contributed by atoms with Crippen molar-refractivity contribution in [3.05, 3.63) is 24.7 Å². The molecule has 0 atom stereocenters. The van der Waals surface area contributed by atoms with Crippen LogP contribution in [0.2, 0.25) is 0 Å². The zero-order chi connectivity index (χ0) is 7.11. The van der Waals surface area contributed by atoms with Crippen molar-refractivity contribution in [1.82, 2.24) is 0 Å². The second-order valence-corrected chi connectivity index (χ2v) is 1.98. The zero-order valence-electron chi connectivity index (χ0n) is 6.18. The van der Waals surface area contributed by atoms with Gasteiger partial charge in [-0.1, -0.05) is 19.9 Å². The Hall–Kier alpha value is -0.720. The first-order chi connectivity index (χ1) is 4.27. The molecule has 0 heterocycles. The second-order valence-electron chi connectivity index (χ2n) is 1.98. The largest absolute Gasteiger partial charge is 0.471 e. The number of rotatable bonds is 4. The molecule has 0 N–H and O–H groups in total. The fourth-order valence-corrected chi connectivity index (χ4v) is 0.399. The molecule has 0 unspecified atom stereocenters. The van der Waals surface area contributed by atoms with E-state index >= 15 is 0 Å². The summed E-state index contributed by atoms with van der Waals surface area (Å²) in [7, 11) is 0. The van der Waals surface area contributed by atoms with Gasteiger partial charge >= 0.3 is 0 Å². The standard InChI is InChI=1S/C8H14O/c1-4-5-6-7-9-8(2)3/h6-7H,2,4-5H2,1,3H3/b7-6+. The molecule has 0 aromatic rings. The van der Waals surface area contributed by atoms with Crippen molar-refractivity contribution < 1.29 is 4.74 Å². The topological polar surface area (TPSA) is 9.23 Å². The second kappa shape index (κ2) is 5.42. The Labute approximate surface area is 57.0 Å². The van der Waals surface area contributed by atoms with E-state index in [-0.39, 0.29) is 0 Å². The van der Waals surface area contributed by atoms with Crippen molar-refractivity contribution in [3.8, 4) is 0 Å². The highest BCUT2D eigenvalue weighted by Crippen LogP contribution is 1.93. The molecule has 0 aromatic heterocycles. The molecule has 0 saturated heterocycles. The number of ether oxygens (including phenoxy) is 1. The molecule has 9 heavy (non-hydrogen) atoms. The van der Waals surface area contributed by atoms with E-state index in [0.717, 1.165) is 18.6 Å². The van der Waals surface area contributed by atoms with Gasteiger partial charge in [-0.05, 0) is 19.4 Å². The highest BCUT2D eigenvalue weighted by molar-refractivity contribution is 4.81. The van der Waals surface area contributed by atoms with Crippen LogP contribution in [-0.4, -0.2) is 0 Å². The van der Waals surface area contributed by atoms with Crippen molar-refractivity contribution in [3.63, 3.8) is 0 Å². The van der Waals surface area contributed by atoms with Gasteiger partial charge in [-0.3, -0.25) is 0 Å². The van der Waals surface area contributed by atoms with Crippen molar-refractivity contribution in [2.75, 3.05) is 0 Å². The number of allylic oxidation sites excluding steroid dienone is 2. The first kappa shape index (κ1) is 8.28. The van der Waals surface area contributed by atoms with E-state index in [9.17, 15) is 0 Å². The number of unbranched alkanes of at least 4 members (excludes halogenated alkanes) is 1. The van der Waals surface area contributed by atoms with E-state index in [4.69, 9.17) is 4.74 Å². The molecule has 0 rings (SSSR count). The minimum Gasteiger partial charge on any atom is -0.471 e. The molecule has 0 aromatic carbocycles. The predicted octanol–water partition coefficient (Wildman–Crippen LogP) is 2.85. The lowest BCUT2D eigenvalue weighted by molar-refractivity contribution is 0.354. The molecule has 0 radical (unpaired) electrons. The third-order valence-corrected chi connectivity index (χ3v) is 0.821. The summed E-state index contributed by atoms with van der Waals surface area (Å²) < 4.78 is 4.97. The first-order valence-electron chi connectivity index (χ1n) is 3.24. The van der Waals surface area contributed by atoms with Gasteiger partial charge in [0.1, 0.15) is 0 Å². The molecule has 0 bridgehead atoms. The van der Waals surface area contributed by atoms with Gasteiger partial charge in [0.2, 0.25) is 0 Å². The maximum Gasteiger partial charge on any atom is 0.0929 e. The minimum atomic E-state index is 0.738. The van der Waals surface area contributed by atoms with Crippen molar-refractivity contribution >= 4 is 0 Å². The lowest BCUT2D eigenvalue weighted by Crippen LogP contribution is -1.72. The zero-order valence-corrected chi connectivity index (χ0v) is 6.18. The van der Waals surface area contributed by atoms with E-state index < -0.39 is 0 Å². The summed E-state index contributed by atoms with van der Waals surface area (Å²) in [6, 6.07) is 0. The van der Waals surface area contributed by atoms with E-state index in [1.807, 2.05) is 13.0 Å². The Morgan fingerprint density at radius 1 is 1.67 bits per heavy atom. The molecule has 52 valence electrons. The van der Waals surface area contributed by atoms with Crippen LogP contribution in [-0.2, 0) is 4.74 Å². The van der Waals surface area contributed by atoms with Gasteiger partial charge in [-0.15, -0.1) is 0 Å². The molecular weight excluding hydrogens is 112 g/mol. The predicted molar refractivity (Wildman–Crippen MR) is 39.9 cm³/mol. The molecule has 1 heteroatoms. The van der Waals surface area contributed by atoms with Crippen LogP contribution in [0.4, 0.5) is 0 Å². The van der Waals surface area contributed by atoms with Gasteiger partial charge in [0.15, 0.2) is 0 Å². The summed E-state index contributed by atoms with van der Waals surface area (Å²) in [5.74, 6) is 0.738. The van der Waals surface area contributed by atoms with Gasteiger partial charge in [0.25, 0.3) is 0 Å². The molecule has 0 aliphatic carbocycles. The van der Waals surface area contributed by atoms with Gasteiger partial charge in [-0.25, -0.2) is 0 Å². The molecule has 1 nitrogen and oxygen atoms in total. The van der Waals surface area contributed by atoms with Crippen molar-refractivity contribution in [2.45, 2.75) is 26.7 Å². The van der Waals surface area contributed by atoms with E-state index in [1.54, 1.807) is 6.26 Å².